The molecule has 0 amide bonds. The number of rotatable bonds is 5. The minimum atomic E-state index is -0.801. The molecule has 0 aromatic heterocycles. The molecule has 2 unspecified atom stereocenters. The van der Waals surface area contributed by atoms with Crippen LogP contribution in [0.2, 0.25) is 0 Å². The van der Waals surface area contributed by atoms with Gasteiger partial charge >= 0.3 is 0 Å². The Morgan fingerprint density at radius 3 is 2.57 bits per heavy atom. The Hall–Kier alpha value is -1.06. The van der Waals surface area contributed by atoms with Crippen LogP contribution in [0, 0.1) is 11.3 Å². The fourth-order valence-electron chi connectivity index (χ4n) is 3.95. The predicted molar refractivity (Wildman–Crippen MR) is 84.5 cm³/mol. The summed E-state index contributed by atoms with van der Waals surface area (Å²) < 4.78 is 10.9. The Morgan fingerprint density at radius 1 is 1.19 bits per heavy atom. The summed E-state index contributed by atoms with van der Waals surface area (Å²) in [6, 6.07) is 7.86. The van der Waals surface area contributed by atoms with Crippen molar-refractivity contribution in [1.29, 1.82) is 0 Å². The summed E-state index contributed by atoms with van der Waals surface area (Å²) in [4.78, 5) is 0. The Morgan fingerprint density at radius 2 is 1.90 bits per heavy atom. The van der Waals surface area contributed by atoms with Crippen molar-refractivity contribution in [2.75, 3.05) is 20.3 Å². The fraction of sp³-hybridized carbons (Fsp3) is 0.667. The molecular weight excluding hydrogens is 264 g/mol. The van der Waals surface area contributed by atoms with E-state index in [1.54, 1.807) is 7.11 Å². The number of aliphatic hydroxyl groups is 1. The van der Waals surface area contributed by atoms with Crippen LogP contribution in [0.15, 0.2) is 24.3 Å². The summed E-state index contributed by atoms with van der Waals surface area (Å²) in [5.74, 6) is 1.28. The van der Waals surface area contributed by atoms with Crippen molar-refractivity contribution >= 4 is 0 Å². The van der Waals surface area contributed by atoms with Gasteiger partial charge in [0.25, 0.3) is 0 Å². The molecule has 0 bridgehead atoms. The zero-order valence-corrected chi connectivity index (χ0v) is 13.7. The fourth-order valence-corrected chi connectivity index (χ4v) is 3.95. The minimum absolute atomic E-state index is 0.145. The van der Waals surface area contributed by atoms with Gasteiger partial charge < -0.3 is 14.6 Å². The van der Waals surface area contributed by atoms with Gasteiger partial charge in [0.05, 0.1) is 12.2 Å². The van der Waals surface area contributed by atoms with E-state index in [4.69, 9.17) is 9.47 Å². The highest BCUT2D eigenvalue weighted by Crippen LogP contribution is 2.50. The molecular formula is C18H28O3. The highest BCUT2D eigenvalue weighted by molar-refractivity contribution is 5.38. The summed E-state index contributed by atoms with van der Waals surface area (Å²) in [6.07, 6.45) is 2.72. The molecule has 3 nitrogen and oxygen atoms in total. The van der Waals surface area contributed by atoms with Gasteiger partial charge in [0.1, 0.15) is 12.4 Å². The summed E-state index contributed by atoms with van der Waals surface area (Å²) in [7, 11) is 1.66. The zero-order chi connectivity index (χ0) is 15.5. The van der Waals surface area contributed by atoms with Gasteiger partial charge in [0.2, 0.25) is 0 Å². The van der Waals surface area contributed by atoms with Crippen molar-refractivity contribution in [3.05, 3.63) is 29.8 Å². The highest BCUT2D eigenvalue weighted by atomic mass is 16.5. The van der Waals surface area contributed by atoms with E-state index in [-0.39, 0.29) is 5.41 Å². The molecule has 1 fully saturated rings. The summed E-state index contributed by atoms with van der Waals surface area (Å²) in [5.41, 5.74) is 0.261. The molecule has 1 aromatic carbocycles. The van der Waals surface area contributed by atoms with Crippen LogP contribution in [0.3, 0.4) is 0 Å². The smallest absolute Gasteiger partial charge is 0.125 e. The third kappa shape index (κ3) is 3.98. The second-order valence-corrected chi connectivity index (χ2v) is 7.22. The molecule has 0 spiro atoms. The molecule has 1 saturated carbocycles. The summed E-state index contributed by atoms with van der Waals surface area (Å²) >= 11 is 0. The minimum Gasteiger partial charge on any atom is -0.491 e. The van der Waals surface area contributed by atoms with Crippen LogP contribution in [0.5, 0.6) is 5.75 Å². The van der Waals surface area contributed by atoms with Crippen molar-refractivity contribution in [2.24, 2.45) is 11.3 Å². The van der Waals surface area contributed by atoms with Gasteiger partial charge in [-0.1, -0.05) is 39.0 Å². The van der Waals surface area contributed by atoms with Crippen LogP contribution < -0.4 is 4.74 Å². The van der Waals surface area contributed by atoms with Crippen molar-refractivity contribution < 1.29 is 14.6 Å². The van der Waals surface area contributed by atoms with Gasteiger partial charge in [0.15, 0.2) is 0 Å². The molecule has 3 heteroatoms. The first-order valence-corrected chi connectivity index (χ1v) is 7.80. The first-order valence-electron chi connectivity index (χ1n) is 7.80. The molecule has 1 aliphatic carbocycles. The van der Waals surface area contributed by atoms with Gasteiger partial charge in [-0.05, 0) is 36.7 Å². The lowest BCUT2D eigenvalue weighted by atomic mass is 9.64. The van der Waals surface area contributed by atoms with Crippen LogP contribution in [-0.2, 0) is 10.3 Å². The van der Waals surface area contributed by atoms with E-state index in [2.05, 4.69) is 20.8 Å². The van der Waals surface area contributed by atoms with Crippen LogP contribution in [0.25, 0.3) is 0 Å². The molecule has 0 aliphatic heterocycles. The molecule has 1 aliphatic rings. The van der Waals surface area contributed by atoms with Crippen molar-refractivity contribution in [2.45, 2.75) is 45.6 Å². The van der Waals surface area contributed by atoms with Gasteiger partial charge in [-0.2, -0.15) is 0 Å². The lowest BCUT2D eigenvalue weighted by Gasteiger charge is -2.45. The number of ether oxygens (including phenoxy) is 2. The second kappa shape index (κ2) is 6.37. The van der Waals surface area contributed by atoms with Crippen molar-refractivity contribution in [3.63, 3.8) is 0 Å². The van der Waals surface area contributed by atoms with Gasteiger partial charge in [-0.25, -0.2) is 0 Å². The molecule has 118 valence electrons. The Balaban J connectivity index is 2.27. The third-order valence-electron chi connectivity index (χ3n) is 4.29. The number of methoxy groups -OCH3 is 1. The maximum atomic E-state index is 11.3. The van der Waals surface area contributed by atoms with E-state index in [1.807, 2.05) is 24.3 Å². The van der Waals surface area contributed by atoms with Crippen LogP contribution >= 0.6 is 0 Å². The predicted octanol–water partition coefficient (Wildman–Crippen LogP) is 3.75. The Bertz CT molecular complexity index is 469. The van der Waals surface area contributed by atoms with Crippen LogP contribution in [-0.4, -0.2) is 25.4 Å². The van der Waals surface area contributed by atoms with Crippen molar-refractivity contribution in [1.82, 2.24) is 0 Å². The molecule has 2 rings (SSSR count). The first kappa shape index (κ1) is 16.3. The molecule has 0 saturated heterocycles. The first-order chi connectivity index (χ1) is 9.86. The van der Waals surface area contributed by atoms with E-state index < -0.39 is 5.60 Å². The van der Waals surface area contributed by atoms with E-state index >= 15 is 0 Å². The second-order valence-electron chi connectivity index (χ2n) is 7.22. The largest absolute Gasteiger partial charge is 0.491 e. The maximum Gasteiger partial charge on any atom is 0.125 e. The van der Waals surface area contributed by atoms with Crippen LogP contribution in [0.1, 0.15) is 45.6 Å². The molecule has 0 heterocycles. The number of hydrogen-bond acceptors (Lipinski definition) is 3. The quantitative estimate of drug-likeness (QED) is 0.840. The number of hydrogen-bond donors (Lipinski definition) is 1. The molecule has 1 aromatic rings. The highest BCUT2D eigenvalue weighted by Gasteiger charge is 2.43. The Labute approximate surface area is 128 Å². The standard InChI is InChI=1S/C18H28O3/c1-14-11-17(2,3)13-18(19,12-14)15-7-5-6-8-16(15)21-10-9-20-4/h5-8,14,19H,9-13H2,1-4H3. The van der Waals surface area contributed by atoms with E-state index in [0.717, 1.165) is 30.6 Å². The number of para-hydroxylation sites is 1. The molecule has 2 atom stereocenters. The average molecular weight is 292 g/mol. The monoisotopic (exact) mass is 292 g/mol. The third-order valence-corrected chi connectivity index (χ3v) is 4.29. The van der Waals surface area contributed by atoms with Crippen molar-refractivity contribution in [3.8, 4) is 5.75 Å². The summed E-state index contributed by atoms with van der Waals surface area (Å²) in [5, 5.41) is 11.3. The number of benzene rings is 1. The van der Waals surface area contributed by atoms with E-state index in [1.165, 1.54) is 0 Å². The Kier molecular flexibility index (Phi) is 4.95. The van der Waals surface area contributed by atoms with Gasteiger partial charge in [-0.15, -0.1) is 0 Å². The molecule has 0 radical (unpaired) electrons. The maximum absolute atomic E-state index is 11.3. The normalized spacial score (nSPS) is 28.3. The molecule has 21 heavy (non-hydrogen) atoms. The van der Waals surface area contributed by atoms with E-state index in [0.29, 0.717) is 19.1 Å². The average Bonchev–Trinajstić information content (AvgIpc) is 2.36. The zero-order valence-electron chi connectivity index (χ0n) is 13.7. The SMILES string of the molecule is COCCOc1ccccc1C1(O)CC(C)CC(C)(C)C1. The van der Waals surface area contributed by atoms with Gasteiger partial charge in [0, 0.05) is 12.7 Å². The molecule has 1 N–H and O–H groups in total. The van der Waals surface area contributed by atoms with Gasteiger partial charge in [-0.3, -0.25) is 0 Å². The van der Waals surface area contributed by atoms with Crippen LogP contribution in [0.4, 0.5) is 0 Å². The lowest BCUT2D eigenvalue weighted by molar-refractivity contribution is -0.0651. The van der Waals surface area contributed by atoms with E-state index in [9.17, 15) is 5.11 Å². The lowest BCUT2D eigenvalue weighted by Crippen LogP contribution is -2.40. The summed E-state index contributed by atoms with van der Waals surface area (Å²) in [6.45, 7) is 7.75. The topological polar surface area (TPSA) is 38.7 Å².